The van der Waals surface area contributed by atoms with E-state index in [1.54, 1.807) is 4.90 Å². The first kappa shape index (κ1) is 17.6. The summed E-state index contributed by atoms with van der Waals surface area (Å²) in [6.45, 7) is 2.08. The lowest BCUT2D eigenvalue weighted by Crippen LogP contribution is -2.40. The van der Waals surface area contributed by atoms with E-state index in [0.717, 1.165) is 30.9 Å². The molecule has 0 atom stereocenters. The van der Waals surface area contributed by atoms with Crippen molar-refractivity contribution in [1.82, 2.24) is 4.90 Å². The van der Waals surface area contributed by atoms with Crippen LogP contribution in [0.25, 0.3) is 0 Å². The average molecular weight is 341 g/mol. The molecule has 1 aliphatic heterocycles. The number of nitrogens with one attached hydrogen (secondary N) is 1. The van der Waals surface area contributed by atoms with E-state index in [2.05, 4.69) is 11.4 Å². The zero-order chi connectivity index (χ0) is 17.5. The number of rotatable bonds is 4. The molecule has 1 aliphatic carbocycles. The molecule has 1 aromatic carbocycles. The number of carbonyl (C=O) groups is 1. The number of hydrogen-bond acceptors (Lipinski definition) is 3. The molecule has 5 heteroatoms. The monoisotopic (exact) mass is 341 g/mol. The number of anilines is 1. The van der Waals surface area contributed by atoms with Gasteiger partial charge in [0.2, 0.25) is 0 Å². The van der Waals surface area contributed by atoms with Crippen LogP contribution in [0.15, 0.2) is 24.3 Å². The minimum atomic E-state index is -0.0905. The van der Waals surface area contributed by atoms with E-state index < -0.39 is 0 Å². The number of nitrogens with zero attached hydrogens (tertiary/aromatic N) is 2. The number of benzene rings is 1. The topological polar surface area (TPSA) is 65.4 Å². The summed E-state index contributed by atoms with van der Waals surface area (Å²) in [4.78, 5) is 14.1. The van der Waals surface area contributed by atoms with Crippen molar-refractivity contribution in [3.63, 3.8) is 0 Å². The first-order valence-electron chi connectivity index (χ1n) is 9.43. The Morgan fingerprint density at radius 1 is 1.12 bits per heavy atom. The smallest absolute Gasteiger partial charge is 0.321 e. The maximum absolute atomic E-state index is 12.3. The summed E-state index contributed by atoms with van der Waals surface area (Å²) in [6, 6.07) is 9.80. The van der Waals surface area contributed by atoms with Gasteiger partial charge in [-0.1, -0.05) is 19.3 Å². The predicted molar refractivity (Wildman–Crippen MR) is 97.4 cm³/mol. The fourth-order valence-electron chi connectivity index (χ4n) is 3.62. The Labute approximate surface area is 150 Å². The van der Waals surface area contributed by atoms with E-state index in [0.29, 0.717) is 19.0 Å². The standard InChI is InChI=1S/C20H27N3O2/c21-14-16-10-12-23(13-11-16)20(24)22-18-6-8-19(9-7-18)25-15-17-4-2-1-3-5-17/h6-9,16-17H,1-5,10-13,15H2,(H,22,24). The van der Waals surface area contributed by atoms with Crippen LogP contribution >= 0.6 is 0 Å². The van der Waals surface area contributed by atoms with Crippen LogP contribution in [-0.4, -0.2) is 30.6 Å². The minimum Gasteiger partial charge on any atom is -0.493 e. The van der Waals surface area contributed by atoms with Crippen molar-refractivity contribution in [1.29, 1.82) is 5.26 Å². The first-order valence-corrected chi connectivity index (χ1v) is 9.43. The molecule has 1 saturated heterocycles. The molecule has 0 spiro atoms. The van der Waals surface area contributed by atoms with Crippen LogP contribution in [-0.2, 0) is 0 Å². The van der Waals surface area contributed by atoms with Crippen LogP contribution in [0.1, 0.15) is 44.9 Å². The van der Waals surface area contributed by atoms with E-state index in [1.165, 1.54) is 32.1 Å². The third-order valence-electron chi connectivity index (χ3n) is 5.28. The number of ether oxygens (including phenoxy) is 1. The quantitative estimate of drug-likeness (QED) is 0.882. The van der Waals surface area contributed by atoms with Crippen LogP contribution < -0.4 is 10.1 Å². The molecule has 0 bridgehead atoms. The Balaban J connectivity index is 1.44. The van der Waals surface area contributed by atoms with E-state index in [1.807, 2.05) is 24.3 Å². The molecule has 2 fully saturated rings. The summed E-state index contributed by atoms with van der Waals surface area (Å²) in [5, 5.41) is 11.8. The molecule has 1 aromatic rings. The van der Waals surface area contributed by atoms with Crippen molar-refractivity contribution >= 4 is 11.7 Å². The van der Waals surface area contributed by atoms with Gasteiger partial charge in [-0.3, -0.25) is 0 Å². The summed E-state index contributed by atoms with van der Waals surface area (Å²) in [6.07, 6.45) is 8.08. The molecule has 3 rings (SSSR count). The lowest BCUT2D eigenvalue weighted by molar-refractivity contribution is 0.192. The summed E-state index contributed by atoms with van der Waals surface area (Å²) in [7, 11) is 0. The van der Waals surface area contributed by atoms with Gasteiger partial charge in [0, 0.05) is 24.7 Å². The maximum Gasteiger partial charge on any atom is 0.321 e. The largest absolute Gasteiger partial charge is 0.493 e. The molecule has 0 radical (unpaired) electrons. The number of urea groups is 1. The second kappa shape index (κ2) is 8.75. The number of likely N-dealkylation sites (tertiary alicyclic amines) is 1. The minimum absolute atomic E-state index is 0.0876. The molecule has 5 nitrogen and oxygen atoms in total. The summed E-state index contributed by atoms with van der Waals surface area (Å²) < 4.78 is 5.89. The zero-order valence-corrected chi connectivity index (χ0v) is 14.7. The van der Waals surface area contributed by atoms with Crippen molar-refractivity contribution < 1.29 is 9.53 Å². The second-order valence-electron chi connectivity index (χ2n) is 7.16. The van der Waals surface area contributed by atoms with Gasteiger partial charge >= 0.3 is 6.03 Å². The van der Waals surface area contributed by atoms with Crippen molar-refractivity contribution in [3.8, 4) is 11.8 Å². The predicted octanol–water partition coefficient (Wildman–Crippen LogP) is 4.41. The lowest BCUT2D eigenvalue weighted by atomic mass is 9.90. The fourth-order valence-corrected chi connectivity index (χ4v) is 3.62. The summed E-state index contributed by atoms with van der Waals surface area (Å²) in [5.41, 5.74) is 0.775. The highest BCUT2D eigenvalue weighted by Gasteiger charge is 2.22. The van der Waals surface area contributed by atoms with Gasteiger partial charge < -0.3 is 15.0 Å². The Hall–Kier alpha value is -2.22. The number of amides is 2. The highest BCUT2D eigenvalue weighted by Crippen LogP contribution is 2.25. The molecule has 1 heterocycles. The molecule has 1 saturated carbocycles. The van der Waals surface area contributed by atoms with Crippen LogP contribution in [0.4, 0.5) is 10.5 Å². The summed E-state index contributed by atoms with van der Waals surface area (Å²) >= 11 is 0. The number of carbonyl (C=O) groups excluding carboxylic acids is 1. The van der Waals surface area contributed by atoms with Gasteiger partial charge in [-0.2, -0.15) is 5.26 Å². The van der Waals surface area contributed by atoms with Gasteiger partial charge in [0.1, 0.15) is 5.75 Å². The number of hydrogen-bond donors (Lipinski definition) is 1. The van der Waals surface area contributed by atoms with Crippen molar-refractivity contribution in [2.45, 2.75) is 44.9 Å². The summed E-state index contributed by atoms with van der Waals surface area (Å²) in [5.74, 6) is 1.63. The van der Waals surface area contributed by atoms with E-state index in [-0.39, 0.29) is 11.9 Å². The second-order valence-corrected chi connectivity index (χ2v) is 7.16. The van der Waals surface area contributed by atoms with Crippen molar-refractivity contribution in [2.75, 3.05) is 25.0 Å². The molecule has 25 heavy (non-hydrogen) atoms. The first-order chi connectivity index (χ1) is 12.2. The van der Waals surface area contributed by atoms with Crippen molar-refractivity contribution in [2.24, 2.45) is 11.8 Å². The SMILES string of the molecule is N#CC1CCN(C(=O)Nc2ccc(OCC3CCCCC3)cc2)CC1. The lowest BCUT2D eigenvalue weighted by Gasteiger charge is -2.29. The molecule has 2 amide bonds. The zero-order valence-electron chi connectivity index (χ0n) is 14.7. The molecule has 0 unspecified atom stereocenters. The Morgan fingerprint density at radius 2 is 1.80 bits per heavy atom. The van der Waals surface area contributed by atoms with Gasteiger partial charge in [-0.05, 0) is 55.9 Å². The molecule has 2 aliphatic rings. The Bertz CT molecular complexity index is 594. The van der Waals surface area contributed by atoms with Gasteiger partial charge in [-0.15, -0.1) is 0 Å². The molecular formula is C20H27N3O2. The van der Waals surface area contributed by atoms with Gasteiger partial charge in [-0.25, -0.2) is 4.79 Å². The van der Waals surface area contributed by atoms with Crippen LogP contribution in [0, 0.1) is 23.2 Å². The van der Waals surface area contributed by atoms with Crippen LogP contribution in [0.3, 0.4) is 0 Å². The Kier molecular flexibility index (Phi) is 6.16. The van der Waals surface area contributed by atoms with E-state index in [9.17, 15) is 4.79 Å². The van der Waals surface area contributed by atoms with Crippen LogP contribution in [0.2, 0.25) is 0 Å². The fraction of sp³-hybridized carbons (Fsp3) is 0.600. The third-order valence-corrected chi connectivity index (χ3v) is 5.28. The van der Waals surface area contributed by atoms with Crippen molar-refractivity contribution in [3.05, 3.63) is 24.3 Å². The van der Waals surface area contributed by atoms with Gasteiger partial charge in [0.15, 0.2) is 0 Å². The highest BCUT2D eigenvalue weighted by atomic mass is 16.5. The normalized spacial score (nSPS) is 19.2. The molecular weight excluding hydrogens is 314 g/mol. The van der Waals surface area contributed by atoms with E-state index in [4.69, 9.17) is 10.00 Å². The maximum atomic E-state index is 12.3. The number of nitriles is 1. The van der Waals surface area contributed by atoms with Gasteiger partial charge in [0.25, 0.3) is 0 Å². The molecule has 1 N–H and O–H groups in total. The molecule has 134 valence electrons. The van der Waals surface area contributed by atoms with E-state index >= 15 is 0 Å². The Morgan fingerprint density at radius 3 is 2.44 bits per heavy atom. The average Bonchev–Trinajstić information content (AvgIpc) is 2.68. The van der Waals surface area contributed by atoms with Crippen LogP contribution in [0.5, 0.6) is 5.75 Å². The third kappa shape index (κ3) is 5.12. The van der Waals surface area contributed by atoms with Gasteiger partial charge in [0.05, 0.1) is 12.7 Å². The highest BCUT2D eigenvalue weighted by molar-refractivity contribution is 5.89. The number of piperidine rings is 1. The molecule has 0 aromatic heterocycles.